The lowest BCUT2D eigenvalue weighted by atomic mass is 9.91. The van der Waals surface area contributed by atoms with Crippen molar-refractivity contribution in [3.05, 3.63) is 23.3 Å². The average molecular weight is 258 g/mol. The maximum atomic E-state index is 5.83. The van der Waals surface area contributed by atoms with Crippen LogP contribution in [-0.2, 0) is 12.8 Å². The van der Waals surface area contributed by atoms with E-state index in [2.05, 4.69) is 12.1 Å². The minimum absolute atomic E-state index is 0. The first-order valence-corrected chi connectivity index (χ1v) is 4.76. The molecule has 2 nitrogen and oxygen atoms in total. The van der Waals surface area contributed by atoms with Crippen molar-refractivity contribution in [2.75, 3.05) is 12.8 Å². The predicted octanol–water partition coefficient (Wildman–Crippen LogP) is 2.73. The van der Waals surface area contributed by atoms with E-state index in [4.69, 9.17) is 10.5 Å². The van der Waals surface area contributed by atoms with Crippen LogP contribution in [-0.4, -0.2) is 7.11 Å². The molecule has 1 aromatic rings. The molecule has 0 aromatic heterocycles. The smallest absolute Gasteiger partial charge is 0.142 e. The summed E-state index contributed by atoms with van der Waals surface area (Å²) in [5.74, 6) is 0.820. The number of hydrogen-bond acceptors (Lipinski definition) is 2. The van der Waals surface area contributed by atoms with Crippen LogP contribution in [0.5, 0.6) is 5.75 Å². The summed E-state index contributed by atoms with van der Waals surface area (Å²) in [7, 11) is 1.67. The number of methoxy groups -OCH3 is 1. The molecule has 0 atom stereocenters. The van der Waals surface area contributed by atoms with Gasteiger partial charge in [-0.15, -0.1) is 17.0 Å². The molecule has 14 heavy (non-hydrogen) atoms. The van der Waals surface area contributed by atoms with Crippen molar-refractivity contribution in [2.45, 2.75) is 25.7 Å². The predicted molar refractivity (Wildman–Crippen MR) is 64.4 cm³/mol. The van der Waals surface area contributed by atoms with Crippen LogP contribution < -0.4 is 10.5 Å². The molecule has 0 radical (unpaired) electrons. The van der Waals surface area contributed by atoms with Gasteiger partial charge in [0.25, 0.3) is 0 Å². The first-order chi connectivity index (χ1) is 6.31. The van der Waals surface area contributed by atoms with Crippen molar-refractivity contribution in [3.8, 4) is 5.75 Å². The summed E-state index contributed by atoms with van der Waals surface area (Å²) in [4.78, 5) is 0. The molecular weight excluding hydrogens is 242 g/mol. The summed E-state index contributed by atoms with van der Waals surface area (Å²) in [6.45, 7) is 0. The number of aryl methyl sites for hydroxylation is 2. The van der Waals surface area contributed by atoms with Gasteiger partial charge in [0.05, 0.1) is 12.8 Å². The van der Waals surface area contributed by atoms with E-state index in [9.17, 15) is 0 Å². The number of halogens is 1. The lowest BCUT2D eigenvalue weighted by Gasteiger charge is -2.17. The second-order valence-corrected chi connectivity index (χ2v) is 3.57. The van der Waals surface area contributed by atoms with Gasteiger partial charge in [-0.3, -0.25) is 0 Å². The molecule has 1 aliphatic carbocycles. The number of rotatable bonds is 1. The molecule has 0 aliphatic heterocycles. The molecule has 2 N–H and O–H groups in total. The number of fused-ring (bicyclic) bond motifs is 1. The van der Waals surface area contributed by atoms with Crippen LogP contribution in [0.3, 0.4) is 0 Å². The summed E-state index contributed by atoms with van der Waals surface area (Å²) in [5, 5.41) is 0. The highest BCUT2D eigenvalue weighted by atomic mass is 79.9. The highest BCUT2D eigenvalue weighted by molar-refractivity contribution is 8.93. The summed E-state index contributed by atoms with van der Waals surface area (Å²) >= 11 is 0. The standard InChI is InChI=1S/C11H15NO.BrH/c1-13-11-7-9-5-3-2-4-8(9)6-10(11)12;/h6-7H,2-5,12H2,1H3;1H. The van der Waals surface area contributed by atoms with Crippen molar-refractivity contribution < 1.29 is 4.74 Å². The Kier molecular flexibility index (Phi) is 3.81. The van der Waals surface area contributed by atoms with Gasteiger partial charge in [-0.2, -0.15) is 0 Å². The second-order valence-electron chi connectivity index (χ2n) is 3.57. The van der Waals surface area contributed by atoms with Gasteiger partial charge in [0, 0.05) is 0 Å². The molecule has 0 amide bonds. The van der Waals surface area contributed by atoms with E-state index in [-0.39, 0.29) is 17.0 Å². The Balaban J connectivity index is 0.000000980. The summed E-state index contributed by atoms with van der Waals surface area (Å²) in [6.07, 6.45) is 4.92. The minimum atomic E-state index is 0. The van der Waals surface area contributed by atoms with Gasteiger partial charge in [-0.05, 0) is 48.9 Å². The Morgan fingerprint density at radius 3 is 2.29 bits per heavy atom. The van der Waals surface area contributed by atoms with E-state index >= 15 is 0 Å². The van der Waals surface area contributed by atoms with E-state index in [0.717, 1.165) is 11.4 Å². The summed E-state index contributed by atoms with van der Waals surface area (Å²) < 4.78 is 5.19. The molecule has 0 saturated carbocycles. The molecule has 0 fully saturated rings. The van der Waals surface area contributed by atoms with Crippen LogP contribution in [0.4, 0.5) is 5.69 Å². The minimum Gasteiger partial charge on any atom is -0.495 e. The molecule has 78 valence electrons. The zero-order chi connectivity index (χ0) is 9.26. The molecule has 0 unspecified atom stereocenters. The Bertz CT molecular complexity index is 325. The van der Waals surface area contributed by atoms with E-state index in [1.165, 1.54) is 36.8 Å². The molecule has 1 aliphatic rings. The van der Waals surface area contributed by atoms with Gasteiger partial charge in [0.15, 0.2) is 0 Å². The Morgan fingerprint density at radius 1 is 1.14 bits per heavy atom. The van der Waals surface area contributed by atoms with Crippen LogP contribution in [0.25, 0.3) is 0 Å². The molecule has 0 spiro atoms. The topological polar surface area (TPSA) is 35.2 Å². The molecule has 3 heteroatoms. The van der Waals surface area contributed by atoms with Gasteiger partial charge < -0.3 is 10.5 Å². The van der Waals surface area contributed by atoms with E-state index in [1.807, 2.05) is 0 Å². The van der Waals surface area contributed by atoms with Crippen molar-refractivity contribution in [2.24, 2.45) is 0 Å². The normalized spacial score (nSPS) is 14.1. The number of ether oxygens (including phenoxy) is 1. The van der Waals surface area contributed by atoms with Gasteiger partial charge >= 0.3 is 0 Å². The van der Waals surface area contributed by atoms with E-state index in [1.54, 1.807) is 7.11 Å². The Labute approximate surface area is 95.2 Å². The fourth-order valence-corrected chi connectivity index (χ4v) is 1.96. The quantitative estimate of drug-likeness (QED) is 0.786. The Hall–Kier alpha value is -0.700. The molecule has 0 bridgehead atoms. The number of benzene rings is 1. The maximum Gasteiger partial charge on any atom is 0.142 e. The van der Waals surface area contributed by atoms with Gasteiger partial charge in [-0.1, -0.05) is 0 Å². The first-order valence-electron chi connectivity index (χ1n) is 4.76. The fraction of sp³-hybridized carbons (Fsp3) is 0.455. The molecular formula is C11H16BrNO. The second kappa shape index (κ2) is 4.69. The fourth-order valence-electron chi connectivity index (χ4n) is 1.96. The van der Waals surface area contributed by atoms with E-state index < -0.39 is 0 Å². The third kappa shape index (κ3) is 2.03. The lowest BCUT2D eigenvalue weighted by molar-refractivity contribution is 0.416. The highest BCUT2D eigenvalue weighted by Crippen LogP contribution is 2.30. The molecule has 0 heterocycles. The first kappa shape index (κ1) is 11.4. The third-order valence-corrected chi connectivity index (χ3v) is 2.69. The summed E-state index contributed by atoms with van der Waals surface area (Å²) in [5.41, 5.74) is 9.42. The molecule has 2 rings (SSSR count). The lowest BCUT2D eigenvalue weighted by Crippen LogP contribution is -2.04. The van der Waals surface area contributed by atoms with Crippen LogP contribution in [0, 0.1) is 0 Å². The van der Waals surface area contributed by atoms with Crippen LogP contribution in [0.1, 0.15) is 24.0 Å². The van der Waals surface area contributed by atoms with Crippen LogP contribution >= 0.6 is 17.0 Å². The van der Waals surface area contributed by atoms with E-state index in [0.29, 0.717) is 0 Å². The number of nitrogens with two attached hydrogens (primary N) is 1. The highest BCUT2D eigenvalue weighted by Gasteiger charge is 2.11. The third-order valence-electron chi connectivity index (χ3n) is 2.69. The van der Waals surface area contributed by atoms with Gasteiger partial charge in [-0.25, -0.2) is 0 Å². The molecule has 0 saturated heterocycles. The van der Waals surface area contributed by atoms with Crippen molar-refractivity contribution in [1.29, 1.82) is 0 Å². The monoisotopic (exact) mass is 257 g/mol. The van der Waals surface area contributed by atoms with Crippen LogP contribution in [0.2, 0.25) is 0 Å². The maximum absolute atomic E-state index is 5.83. The zero-order valence-electron chi connectivity index (χ0n) is 8.38. The van der Waals surface area contributed by atoms with Crippen molar-refractivity contribution in [3.63, 3.8) is 0 Å². The van der Waals surface area contributed by atoms with Crippen LogP contribution in [0.15, 0.2) is 12.1 Å². The number of hydrogen-bond donors (Lipinski definition) is 1. The van der Waals surface area contributed by atoms with Gasteiger partial charge in [0.2, 0.25) is 0 Å². The van der Waals surface area contributed by atoms with Crippen molar-refractivity contribution >= 4 is 22.7 Å². The van der Waals surface area contributed by atoms with Crippen molar-refractivity contribution in [1.82, 2.24) is 0 Å². The SMILES string of the molecule is Br.COc1cc2c(cc1N)CCCC2. The Morgan fingerprint density at radius 2 is 1.71 bits per heavy atom. The average Bonchev–Trinajstić information content (AvgIpc) is 2.17. The summed E-state index contributed by atoms with van der Waals surface area (Å²) in [6, 6.07) is 4.15. The van der Waals surface area contributed by atoms with Gasteiger partial charge in [0.1, 0.15) is 5.75 Å². The molecule has 1 aromatic carbocycles. The number of nitrogen functional groups attached to an aromatic ring is 1. The number of anilines is 1. The zero-order valence-corrected chi connectivity index (χ0v) is 10.1. The largest absolute Gasteiger partial charge is 0.495 e.